The Balaban J connectivity index is 2.06. The fraction of sp³-hybridized carbons (Fsp3) is 0.636. The Bertz CT molecular complexity index is 351. The molecule has 0 saturated carbocycles. The minimum Gasteiger partial charge on any atom is -0.404 e. The van der Waals surface area contributed by atoms with Crippen LogP contribution < -0.4 is 4.78 Å². The zero-order valence-corrected chi connectivity index (χ0v) is 10.8. The van der Waals surface area contributed by atoms with E-state index in [0.29, 0.717) is 13.2 Å². The van der Waals surface area contributed by atoms with Crippen LogP contribution in [0.4, 0.5) is 0 Å². The summed E-state index contributed by atoms with van der Waals surface area (Å²) in [5.74, 6) is 0. The van der Waals surface area contributed by atoms with E-state index in [1.807, 2.05) is 20.8 Å². The molecule has 5 heteroatoms. The fourth-order valence-electron chi connectivity index (χ4n) is 1.65. The smallest absolute Gasteiger partial charge is 0.404 e. The summed E-state index contributed by atoms with van der Waals surface area (Å²) >= 11 is 1.67. The number of hydrogen-bond donors (Lipinski definition) is 0. The standard InChI is InChI=1S/C11H17BO3S/c1-4-13-7-9-5-6-16-10(9)12-14-8-11(2,3)15-12/h5-6H,4,7-8H2,1-3H3. The first-order valence-corrected chi connectivity index (χ1v) is 6.44. The summed E-state index contributed by atoms with van der Waals surface area (Å²) in [7, 11) is -0.217. The molecule has 16 heavy (non-hydrogen) atoms. The molecule has 0 unspecified atom stereocenters. The summed E-state index contributed by atoms with van der Waals surface area (Å²) in [6.07, 6.45) is 0. The van der Waals surface area contributed by atoms with Crippen LogP contribution in [0.3, 0.4) is 0 Å². The highest BCUT2D eigenvalue weighted by Gasteiger charge is 2.39. The maximum atomic E-state index is 5.85. The van der Waals surface area contributed by atoms with E-state index in [9.17, 15) is 0 Å². The van der Waals surface area contributed by atoms with Gasteiger partial charge >= 0.3 is 7.12 Å². The van der Waals surface area contributed by atoms with Gasteiger partial charge in [0.1, 0.15) is 0 Å². The van der Waals surface area contributed by atoms with Crippen molar-refractivity contribution in [2.45, 2.75) is 33.0 Å². The largest absolute Gasteiger partial charge is 0.505 e. The molecule has 0 atom stereocenters. The van der Waals surface area contributed by atoms with Gasteiger partial charge in [-0.1, -0.05) is 0 Å². The molecule has 88 valence electrons. The quantitative estimate of drug-likeness (QED) is 0.751. The molecule has 0 amide bonds. The van der Waals surface area contributed by atoms with Crippen molar-refractivity contribution in [2.24, 2.45) is 0 Å². The van der Waals surface area contributed by atoms with Crippen molar-refractivity contribution in [3.05, 3.63) is 17.0 Å². The monoisotopic (exact) mass is 240 g/mol. The second-order valence-electron chi connectivity index (χ2n) is 4.47. The Kier molecular flexibility index (Phi) is 3.69. The molecule has 0 aliphatic carbocycles. The molecule has 0 N–H and O–H groups in total. The van der Waals surface area contributed by atoms with Crippen molar-refractivity contribution in [2.75, 3.05) is 13.2 Å². The zero-order chi connectivity index (χ0) is 11.6. The van der Waals surface area contributed by atoms with Gasteiger partial charge in [0.05, 0.1) is 18.8 Å². The maximum absolute atomic E-state index is 5.85. The third-order valence-corrected chi connectivity index (χ3v) is 3.45. The molecule has 1 saturated heterocycles. The average Bonchev–Trinajstić information content (AvgIpc) is 2.81. The van der Waals surface area contributed by atoms with Crippen LogP contribution in [0.25, 0.3) is 0 Å². The minimum atomic E-state index is -0.217. The van der Waals surface area contributed by atoms with E-state index < -0.39 is 0 Å². The van der Waals surface area contributed by atoms with Crippen LogP contribution in [0, 0.1) is 0 Å². The van der Waals surface area contributed by atoms with Crippen molar-refractivity contribution in [3.63, 3.8) is 0 Å². The van der Waals surface area contributed by atoms with E-state index in [2.05, 4.69) is 11.4 Å². The highest BCUT2D eigenvalue weighted by Crippen LogP contribution is 2.21. The predicted molar refractivity (Wildman–Crippen MR) is 66.2 cm³/mol. The number of thiophene rings is 1. The topological polar surface area (TPSA) is 27.7 Å². The van der Waals surface area contributed by atoms with E-state index in [1.54, 1.807) is 11.3 Å². The summed E-state index contributed by atoms with van der Waals surface area (Å²) in [5.41, 5.74) is 0.993. The van der Waals surface area contributed by atoms with Crippen molar-refractivity contribution in [1.82, 2.24) is 0 Å². The second kappa shape index (κ2) is 4.88. The van der Waals surface area contributed by atoms with Gasteiger partial charge in [0.25, 0.3) is 0 Å². The molecule has 3 nitrogen and oxygen atoms in total. The molecule has 1 aliphatic heterocycles. The summed E-state index contributed by atoms with van der Waals surface area (Å²) in [5, 5.41) is 2.06. The lowest BCUT2D eigenvalue weighted by atomic mass is 9.85. The van der Waals surface area contributed by atoms with E-state index in [0.717, 1.165) is 11.4 Å². The predicted octanol–water partition coefficient (Wildman–Crippen LogP) is 1.81. The first-order valence-electron chi connectivity index (χ1n) is 5.56. The number of ether oxygens (including phenoxy) is 1. The Morgan fingerprint density at radius 2 is 2.38 bits per heavy atom. The SMILES string of the molecule is CCOCc1ccsc1B1OCC(C)(C)O1. The van der Waals surface area contributed by atoms with Crippen LogP contribution in [-0.4, -0.2) is 25.9 Å². The molecule has 2 heterocycles. The van der Waals surface area contributed by atoms with Crippen molar-refractivity contribution in [3.8, 4) is 0 Å². The van der Waals surface area contributed by atoms with Crippen LogP contribution in [0.2, 0.25) is 0 Å². The molecule has 1 aromatic heterocycles. The summed E-state index contributed by atoms with van der Waals surface area (Å²) in [4.78, 5) is 0. The van der Waals surface area contributed by atoms with E-state index in [4.69, 9.17) is 14.0 Å². The van der Waals surface area contributed by atoms with Gasteiger partial charge in [-0.3, -0.25) is 0 Å². The van der Waals surface area contributed by atoms with Crippen molar-refractivity contribution in [1.29, 1.82) is 0 Å². The highest BCUT2D eigenvalue weighted by atomic mass is 32.1. The molecule has 1 fully saturated rings. The van der Waals surface area contributed by atoms with Gasteiger partial charge in [-0.05, 0) is 37.8 Å². The van der Waals surface area contributed by atoms with Crippen LogP contribution in [0.1, 0.15) is 26.3 Å². The first kappa shape index (κ1) is 12.1. The summed E-state index contributed by atoms with van der Waals surface area (Å²) < 4.78 is 18.1. The van der Waals surface area contributed by atoms with Crippen LogP contribution in [-0.2, 0) is 20.7 Å². The van der Waals surface area contributed by atoms with Gasteiger partial charge in [0.2, 0.25) is 0 Å². The molecule has 0 bridgehead atoms. The van der Waals surface area contributed by atoms with Crippen LogP contribution >= 0.6 is 11.3 Å². The van der Waals surface area contributed by atoms with E-state index in [1.165, 1.54) is 5.56 Å². The third-order valence-electron chi connectivity index (χ3n) is 2.46. The molecule has 0 aromatic carbocycles. The summed E-state index contributed by atoms with van der Waals surface area (Å²) in [6, 6.07) is 2.08. The van der Waals surface area contributed by atoms with Gasteiger partial charge in [-0.2, -0.15) is 11.3 Å². The molecule has 0 radical (unpaired) electrons. The zero-order valence-electron chi connectivity index (χ0n) is 9.99. The van der Waals surface area contributed by atoms with Crippen LogP contribution in [0.15, 0.2) is 11.4 Å². The summed E-state index contributed by atoms with van der Waals surface area (Å²) in [6.45, 7) is 8.10. The first-order chi connectivity index (χ1) is 7.62. The molecular weight excluding hydrogens is 223 g/mol. The lowest BCUT2D eigenvalue weighted by Gasteiger charge is -2.15. The molecular formula is C11H17BO3S. The van der Waals surface area contributed by atoms with E-state index in [-0.39, 0.29) is 12.7 Å². The lowest BCUT2D eigenvalue weighted by molar-refractivity contribution is 0.133. The second-order valence-corrected chi connectivity index (χ2v) is 5.42. The molecule has 1 aromatic rings. The van der Waals surface area contributed by atoms with Crippen molar-refractivity contribution >= 4 is 23.2 Å². The Labute approximate surface area is 101 Å². The molecule has 2 rings (SSSR count). The van der Waals surface area contributed by atoms with Gasteiger partial charge in [0, 0.05) is 11.4 Å². The highest BCUT2D eigenvalue weighted by molar-refractivity contribution is 7.21. The van der Waals surface area contributed by atoms with Gasteiger partial charge in [-0.15, -0.1) is 0 Å². The fourth-order valence-corrected chi connectivity index (χ4v) is 2.53. The van der Waals surface area contributed by atoms with Gasteiger partial charge in [0.15, 0.2) is 0 Å². The number of rotatable bonds is 4. The number of hydrogen-bond acceptors (Lipinski definition) is 4. The third kappa shape index (κ3) is 2.66. The lowest BCUT2D eigenvalue weighted by Crippen LogP contribution is -2.34. The van der Waals surface area contributed by atoms with Crippen LogP contribution in [0.5, 0.6) is 0 Å². The minimum absolute atomic E-state index is 0.183. The Hall–Kier alpha value is -0.355. The van der Waals surface area contributed by atoms with E-state index >= 15 is 0 Å². The van der Waals surface area contributed by atoms with Gasteiger partial charge in [-0.25, -0.2) is 0 Å². The molecule has 0 spiro atoms. The van der Waals surface area contributed by atoms with Crippen molar-refractivity contribution < 1.29 is 14.0 Å². The Morgan fingerprint density at radius 1 is 1.56 bits per heavy atom. The van der Waals surface area contributed by atoms with Gasteiger partial charge < -0.3 is 14.0 Å². The Morgan fingerprint density at radius 3 is 3.00 bits per heavy atom. The average molecular weight is 240 g/mol. The normalized spacial score (nSPS) is 19.3. The molecule has 1 aliphatic rings. The maximum Gasteiger partial charge on any atom is 0.505 e.